The lowest BCUT2D eigenvalue weighted by molar-refractivity contribution is 0.0162. The van der Waals surface area contributed by atoms with Gasteiger partial charge in [-0.1, -0.05) is 54.6 Å². The van der Waals surface area contributed by atoms with E-state index in [9.17, 15) is 23.8 Å². The Morgan fingerprint density at radius 2 is 1.56 bits per heavy atom. The van der Waals surface area contributed by atoms with Crippen molar-refractivity contribution in [2.75, 3.05) is 18.9 Å². The predicted molar refractivity (Wildman–Crippen MR) is 115 cm³/mol. The van der Waals surface area contributed by atoms with E-state index in [4.69, 9.17) is 10.5 Å². The molecule has 1 aliphatic rings. The molecular formula is C24H22F2N2O4. The fourth-order valence-electron chi connectivity index (χ4n) is 3.96. The summed E-state index contributed by atoms with van der Waals surface area (Å²) in [6.07, 6.45) is -4.16. The molecule has 1 amide bonds. The molecule has 2 unspecified atom stereocenters. The van der Waals surface area contributed by atoms with E-state index in [0.29, 0.717) is 0 Å². The predicted octanol–water partition coefficient (Wildman–Crippen LogP) is 3.48. The summed E-state index contributed by atoms with van der Waals surface area (Å²) in [7, 11) is 0. The molecule has 0 aromatic heterocycles. The van der Waals surface area contributed by atoms with E-state index in [2.05, 4.69) is 5.32 Å². The summed E-state index contributed by atoms with van der Waals surface area (Å²) in [5.41, 5.74) is 8.69. The lowest BCUT2D eigenvalue weighted by Crippen LogP contribution is -2.36. The highest BCUT2D eigenvalue weighted by molar-refractivity contribution is 5.79. The number of aliphatic hydroxyl groups excluding tert-OH is 2. The number of aliphatic hydroxyl groups is 2. The fourth-order valence-corrected chi connectivity index (χ4v) is 3.96. The number of halogens is 2. The molecule has 1 aliphatic carbocycles. The Labute approximate surface area is 183 Å². The molecule has 0 saturated carbocycles. The summed E-state index contributed by atoms with van der Waals surface area (Å²) in [6.45, 7) is -0.348. The Kier molecular flexibility index (Phi) is 6.07. The lowest BCUT2D eigenvalue weighted by atomic mass is 9.98. The highest BCUT2D eigenvalue weighted by Gasteiger charge is 2.29. The van der Waals surface area contributed by atoms with Gasteiger partial charge in [0.15, 0.2) is 11.6 Å². The zero-order chi connectivity index (χ0) is 22.8. The van der Waals surface area contributed by atoms with Gasteiger partial charge in [0, 0.05) is 18.0 Å². The van der Waals surface area contributed by atoms with Crippen LogP contribution in [-0.2, 0) is 4.74 Å². The first-order valence-electron chi connectivity index (χ1n) is 10.1. The van der Waals surface area contributed by atoms with Gasteiger partial charge in [-0.05, 0) is 28.3 Å². The average Bonchev–Trinajstić information content (AvgIpc) is 3.13. The smallest absolute Gasteiger partial charge is 0.407 e. The Bertz CT molecular complexity index is 1110. The van der Waals surface area contributed by atoms with Crippen LogP contribution in [0.1, 0.15) is 28.7 Å². The normalized spacial score (nSPS) is 14.4. The standard InChI is InChI=1S/C24H22F2N2O4/c25-21-17(9-10-19(27)22(21)26)23(30)20(29)11-28-24(31)32-12-18-15-7-3-1-5-13(15)14-6-2-4-8-16(14)18/h1-10,18,20,23,29-30H,11-12,27H2,(H,28,31). The molecule has 32 heavy (non-hydrogen) atoms. The molecule has 3 aromatic rings. The molecule has 6 nitrogen and oxygen atoms in total. The molecule has 166 valence electrons. The minimum atomic E-state index is -1.76. The van der Waals surface area contributed by atoms with Crippen LogP contribution in [0.5, 0.6) is 0 Å². The molecule has 0 bridgehead atoms. The van der Waals surface area contributed by atoms with Crippen molar-refractivity contribution >= 4 is 11.8 Å². The number of anilines is 1. The molecule has 0 fully saturated rings. The molecule has 0 heterocycles. The molecular weight excluding hydrogens is 418 g/mol. The quantitative estimate of drug-likeness (QED) is 0.440. The number of nitrogen functional groups attached to an aromatic ring is 1. The monoisotopic (exact) mass is 440 g/mol. The van der Waals surface area contributed by atoms with Gasteiger partial charge in [-0.25, -0.2) is 13.6 Å². The van der Waals surface area contributed by atoms with E-state index in [1.807, 2.05) is 48.5 Å². The van der Waals surface area contributed by atoms with E-state index in [-0.39, 0.29) is 12.5 Å². The first kappa shape index (κ1) is 21.7. The number of fused-ring (bicyclic) bond motifs is 3. The van der Waals surface area contributed by atoms with Crippen molar-refractivity contribution in [1.82, 2.24) is 5.32 Å². The molecule has 0 radical (unpaired) electrons. The van der Waals surface area contributed by atoms with Crippen molar-refractivity contribution in [3.8, 4) is 11.1 Å². The zero-order valence-electron chi connectivity index (χ0n) is 17.0. The Morgan fingerprint density at radius 1 is 0.969 bits per heavy atom. The summed E-state index contributed by atoms with van der Waals surface area (Å²) in [5.74, 6) is -2.79. The SMILES string of the molecule is Nc1ccc(C(O)C(O)CNC(=O)OCC2c3ccccc3-c3ccccc32)c(F)c1F. The summed E-state index contributed by atoms with van der Waals surface area (Å²) in [6, 6.07) is 17.9. The molecule has 8 heteroatoms. The van der Waals surface area contributed by atoms with E-state index >= 15 is 0 Å². The van der Waals surface area contributed by atoms with Crippen LogP contribution in [-0.4, -0.2) is 35.6 Å². The molecule has 4 rings (SSSR count). The fraction of sp³-hybridized carbons (Fsp3) is 0.208. The number of rotatable bonds is 6. The number of alkyl carbamates (subject to hydrolysis) is 1. The summed E-state index contributed by atoms with van der Waals surface area (Å²) in [5, 5.41) is 22.6. The third-order valence-electron chi connectivity index (χ3n) is 5.62. The molecule has 2 atom stereocenters. The molecule has 0 spiro atoms. The van der Waals surface area contributed by atoms with Crippen molar-refractivity contribution in [1.29, 1.82) is 0 Å². The first-order chi connectivity index (χ1) is 15.4. The maximum atomic E-state index is 14.0. The van der Waals surface area contributed by atoms with Crippen molar-refractivity contribution in [3.05, 3.63) is 89.0 Å². The lowest BCUT2D eigenvalue weighted by Gasteiger charge is -2.20. The minimum absolute atomic E-state index is 0.0797. The highest BCUT2D eigenvalue weighted by atomic mass is 19.2. The topological polar surface area (TPSA) is 105 Å². The number of nitrogens with two attached hydrogens (primary N) is 1. The van der Waals surface area contributed by atoms with E-state index in [1.54, 1.807) is 0 Å². The van der Waals surface area contributed by atoms with Crippen molar-refractivity contribution in [3.63, 3.8) is 0 Å². The van der Waals surface area contributed by atoms with Gasteiger partial charge in [-0.2, -0.15) is 0 Å². The van der Waals surface area contributed by atoms with Crippen molar-refractivity contribution in [2.45, 2.75) is 18.1 Å². The van der Waals surface area contributed by atoms with Crippen LogP contribution >= 0.6 is 0 Å². The third kappa shape index (κ3) is 4.02. The summed E-state index contributed by atoms with van der Waals surface area (Å²) < 4.78 is 32.9. The molecule has 0 saturated heterocycles. The number of carbonyl (C=O) groups excluding carboxylic acids is 1. The van der Waals surface area contributed by atoms with Gasteiger partial charge in [0.2, 0.25) is 0 Å². The molecule has 5 N–H and O–H groups in total. The van der Waals surface area contributed by atoms with Gasteiger partial charge in [-0.3, -0.25) is 0 Å². The maximum absolute atomic E-state index is 14.0. The van der Waals surface area contributed by atoms with Gasteiger partial charge >= 0.3 is 6.09 Å². The second-order valence-electron chi connectivity index (χ2n) is 7.59. The Hall–Kier alpha value is -3.49. The van der Waals surface area contributed by atoms with Crippen LogP contribution in [0.3, 0.4) is 0 Å². The van der Waals surface area contributed by atoms with Gasteiger partial charge in [0.1, 0.15) is 18.8 Å². The number of carbonyl (C=O) groups is 1. The van der Waals surface area contributed by atoms with Crippen LogP contribution in [0.15, 0.2) is 60.7 Å². The van der Waals surface area contributed by atoms with Crippen molar-refractivity contribution in [2.24, 2.45) is 0 Å². The van der Waals surface area contributed by atoms with E-state index in [0.717, 1.165) is 34.4 Å². The zero-order valence-corrected chi connectivity index (χ0v) is 17.0. The van der Waals surface area contributed by atoms with E-state index < -0.39 is 47.7 Å². The third-order valence-corrected chi connectivity index (χ3v) is 5.62. The molecule has 3 aromatic carbocycles. The van der Waals surface area contributed by atoms with Gasteiger partial charge in [0.05, 0.1) is 5.69 Å². The maximum Gasteiger partial charge on any atom is 0.407 e. The Morgan fingerprint density at radius 3 is 2.19 bits per heavy atom. The van der Waals surface area contributed by atoms with Crippen LogP contribution in [0.2, 0.25) is 0 Å². The summed E-state index contributed by atoms with van der Waals surface area (Å²) in [4.78, 5) is 12.2. The van der Waals surface area contributed by atoms with Crippen molar-refractivity contribution < 1.29 is 28.5 Å². The number of nitrogens with one attached hydrogen (secondary N) is 1. The van der Waals surface area contributed by atoms with Gasteiger partial charge in [-0.15, -0.1) is 0 Å². The van der Waals surface area contributed by atoms with E-state index in [1.165, 1.54) is 0 Å². The number of hydrogen-bond donors (Lipinski definition) is 4. The Balaban J connectivity index is 1.36. The second kappa shape index (κ2) is 8.94. The minimum Gasteiger partial charge on any atom is -0.449 e. The number of amides is 1. The number of benzene rings is 3. The average molecular weight is 440 g/mol. The van der Waals surface area contributed by atoms with Crippen LogP contribution < -0.4 is 11.1 Å². The number of ether oxygens (including phenoxy) is 1. The second-order valence-corrected chi connectivity index (χ2v) is 7.59. The highest BCUT2D eigenvalue weighted by Crippen LogP contribution is 2.44. The molecule has 0 aliphatic heterocycles. The largest absolute Gasteiger partial charge is 0.449 e. The summed E-state index contributed by atoms with van der Waals surface area (Å²) >= 11 is 0. The first-order valence-corrected chi connectivity index (χ1v) is 10.1. The van der Waals surface area contributed by atoms with Crippen LogP contribution in [0.4, 0.5) is 19.3 Å². The number of hydrogen-bond acceptors (Lipinski definition) is 5. The van der Waals surface area contributed by atoms with Crippen LogP contribution in [0, 0.1) is 11.6 Å². The van der Waals surface area contributed by atoms with Gasteiger partial charge < -0.3 is 26.0 Å². The van der Waals surface area contributed by atoms with Crippen LogP contribution in [0.25, 0.3) is 11.1 Å². The van der Waals surface area contributed by atoms with Gasteiger partial charge in [0.25, 0.3) is 0 Å².